The van der Waals surface area contributed by atoms with Crippen LogP contribution >= 0.6 is 24.8 Å². The number of aromatic nitrogens is 3. The second-order valence-electron chi connectivity index (χ2n) is 8.34. The van der Waals surface area contributed by atoms with Crippen molar-refractivity contribution in [2.45, 2.75) is 26.2 Å². The normalized spacial score (nSPS) is 19.9. The molecular formula is C23H28Cl2N6O. The molecule has 0 aromatic carbocycles. The van der Waals surface area contributed by atoms with Crippen molar-refractivity contribution in [2.75, 3.05) is 37.7 Å². The van der Waals surface area contributed by atoms with Crippen LogP contribution in [-0.4, -0.2) is 47.4 Å². The predicted molar refractivity (Wildman–Crippen MR) is 130 cm³/mol. The van der Waals surface area contributed by atoms with Gasteiger partial charge in [0.25, 0.3) is 0 Å². The molecule has 2 aliphatic heterocycles. The first-order valence-corrected chi connectivity index (χ1v) is 10.7. The Hall–Kier alpha value is -2.53. The van der Waals surface area contributed by atoms with E-state index in [0.717, 1.165) is 54.4 Å². The number of ether oxygens (including phenoxy) is 1. The summed E-state index contributed by atoms with van der Waals surface area (Å²) >= 11 is 0. The lowest BCUT2D eigenvalue weighted by Gasteiger charge is -2.33. The molecule has 3 aromatic heterocycles. The van der Waals surface area contributed by atoms with Gasteiger partial charge in [-0.3, -0.25) is 0 Å². The molecule has 0 amide bonds. The average molecular weight is 475 g/mol. The number of pyridine rings is 2. The van der Waals surface area contributed by atoms with Crippen LogP contribution in [0.3, 0.4) is 0 Å². The van der Waals surface area contributed by atoms with Gasteiger partial charge in [-0.05, 0) is 50.9 Å². The van der Waals surface area contributed by atoms with Crippen LogP contribution in [0.1, 0.15) is 31.7 Å². The molecular weight excluding hydrogens is 447 g/mol. The third kappa shape index (κ3) is 4.36. The van der Waals surface area contributed by atoms with Gasteiger partial charge in [-0.1, -0.05) is 0 Å². The highest BCUT2D eigenvalue weighted by Crippen LogP contribution is 2.38. The van der Waals surface area contributed by atoms with Crippen LogP contribution in [-0.2, 0) is 0 Å². The summed E-state index contributed by atoms with van der Waals surface area (Å²) in [5.74, 6) is 1.75. The Bertz CT molecular complexity index is 1100. The lowest BCUT2D eigenvalue weighted by atomic mass is 9.80. The van der Waals surface area contributed by atoms with Crippen molar-refractivity contribution < 1.29 is 4.74 Å². The van der Waals surface area contributed by atoms with Gasteiger partial charge in [0.05, 0.1) is 30.1 Å². The molecule has 3 aromatic rings. The molecule has 32 heavy (non-hydrogen) atoms. The summed E-state index contributed by atoms with van der Waals surface area (Å²) in [6, 6.07) is 8.39. The first-order valence-electron chi connectivity index (χ1n) is 10.7. The van der Waals surface area contributed by atoms with E-state index >= 15 is 0 Å². The van der Waals surface area contributed by atoms with E-state index in [1.807, 2.05) is 25.4 Å². The molecule has 0 bridgehead atoms. The van der Waals surface area contributed by atoms with Crippen molar-refractivity contribution >= 4 is 36.1 Å². The van der Waals surface area contributed by atoms with Gasteiger partial charge in [0.15, 0.2) is 0 Å². The zero-order chi connectivity index (χ0) is 20.6. The first-order chi connectivity index (χ1) is 14.7. The Balaban J connectivity index is 0.00000144. The number of fused-ring (bicyclic) bond motifs is 1. The van der Waals surface area contributed by atoms with Crippen molar-refractivity contribution in [3.05, 3.63) is 42.4 Å². The maximum atomic E-state index is 9.52. The molecule has 0 aliphatic carbocycles. The Labute approximate surface area is 200 Å². The van der Waals surface area contributed by atoms with Crippen LogP contribution in [0.25, 0.3) is 16.6 Å². The van der Waals surface area contributed by atoms with E-state index in [1.165, 1.54) is 19.3 Å². The molecule has 0 radical (unpaired) electrons. The average Bonchev–Trinajstić information content (AvgIpc) is 3.38. The number of hydrogen-bond donors (Lipinski definition) is 1. The van der Waals surface area contributed by atoms with Gasteiger partial charge in [0.1, 0.15) is 17.6 Å². The van der Waals surface area contributed by atoms with Gasteiger partial charge in [-0.2, -0.15) is 10.4 Å². The van der Waals surface area contributed by atoms with Crippen molar-refractivity contribution in [3.63, 3.8) is 0 Å². The van der Waals surface area contributed by atoms with Crippen LogP contribution in [0.5, 0.6) is 5.75 Å². The van der Waals surface area contributed by atoms with Crippen LogP contribution in [0.2, 0.25) is 0 Å². The molecule has 5 heterocycles. The van der Waals surface area contributed by atoms with Crippen molar-refractivity contribution in [2.24, 2.45) is 5.41 Å². The minimum absolute atomic E-state index is 0. The number of halogens is 2. The topological polar surface area (TPSA) is 78.5 Å². The predicted octanol–water partition coefficient (Wildman–Crippen LogP) is 4.09. The standard InChI is InChI=1S/C23H26N6O.2ClH/c1-2-30-19-10-20(22-18(11-24)13-27-29(22)14-19)17-4-5-21(26-12-17)28-9-7-23(16-28)6-3-8-25-15-23;;/h4-5,10,12-14,25H,2-3,6-9,15-16H2,1H3;2*1H. The second-order valence-corrected chi connectivity index (χ2v) is 8.34. The molecule has 170 valence electrons. The van der Waals surface area contributed by atoms with Gasteiger partial charge in [0.2, 0.25) is 0 Å². The lowest BCUT2D eigenvalue weighted by molar-refractivity contribution is 0.239. The van der Waals surface area contributed by atoms with Crippen LogP contribution in [0.4, 0.5) is 5.82 Å². The monoisotopic (exact) mass is 474 g/mol. The molecule has 1 unspecified atom stereocenters. The van der Waals surface area contributed by atoms with E-state index in [-0.39, 0.29) is 24.8 Å². The van der Waals surface area contributed by atoms with Crippen LogP contribution in [0, 0.1) is 16.7 Å². The van der Waals surface area contributed by atoms with E-state index in [4.69, 9.17) is 9.72 Å². The smallest absolute Gasteiger partial charge is 0.138 e. The summed E-state index contributed by atoms with van der Waals surface area (Å²) in [6.45, 7) is 6.90. The van der Waals surface area contributed by atoms with Crippen molar-refractivity contribution in [3.8, 4) is 22.9 Å². The number of nitrogens with zero attached hydrogens (tertiary/aromatic N) is 5. The zero-order valence-electron chi connectivity index (χ0n) is 18.1. The van der Waals surface area contributed by atoms with Gasteiger partial charge < -0.3 is 15.0 Å². The summed E-state index contributed by atoms with van der Waals surface area (Å²) in [5, 5.41) is 17.4. The zero-order valence-corrected chi connectivity index (χ0v) is 19.7. The van der Waals surface area contributed by atoms with Gasteiger partial charge in [0, 0.05) is 42.4 Å². The van der Waals surface area contributed by atoms with E-state index in [0.29, 0.717) is 17.6 Å². The van der Waals surface area contributed by atoms with E-state index in [2.05, 4.69) is 33.5 Å². The number of nitrogens with one attached hydrogen (secondary N) is 1. The Morgan fingerprint density at radius 1 is 1.25 bits per heavy atom. The second kappa shape index (κ2) is 9.95. The molecule has 0 saturated carbocycles. The van der Waals surface area contributed by atoms with E-state index in [1.54, 1.807) is 10.7 Å². The quantitative estimate of drug-likeness (QED) is 0.613. The van der Waals surface area contributed by atoms with E-state index in [9.17, 15) is 5.26 Å². The molecule has 2 aliphatic rings. The number of anilines is 1. The van der Waals surface area contributed by atoms with Crippen molar-refractivity contribution in [1.29, 1.82) is 5.26 Å². The lowest BCUT2D eigenvalue weighted by Crippen LogP contribution is -2.42. The molecule has 2 saturated heterocycles. The number of piperidine rings is 1. The van der Waals surface area contributed by atoms with Gasteiger partial charge in [-0.25, -0.2) is 9.50 Å². The van der Waals surface area contributed by atoms with Crippen LogP contribution in [0.15, 0.2) is 36.8 Å². The third-order valence-corrected chi connectivity index (χ3v) is 6.40. The number of nitriles is 1. The first kappa shape index (κ1) is 24.1. The fraction of sp³-hybridized carbons (Fsp3) is 0.435. The minimum atomic E-state index is 0. The Morgan fingerprint density at radius 2 is 2.12 bits per heavy atom. The van der Waals surface area contributed by atoms with Gasteiger partial charge >= 0.3 is 0 Å². The highest BCUT2D eigenvalue weighted by molar-refractivity contribution is 5.86. The summed E-state index contributed by atoms with van der Waals surface area (Å²) in [5.41, 5.74) is 3.59. The summed E-state index contributed by atoms with van der Waals surface area (Å²) < 4.78 is 7.42. The Morgan fingerprint density at radius 3 is 2.81 bits per heavy atom. The minimum Gasteiger partial charge on any atom is -0.492 e. The molecule has 1 spiro atoms. The highest BCUT2D eigenvalue weighted by Gasteiger charge is 2.39. The summed E-state index contributed by atoms with van der Waals surface area (Å²) in [6.07, 6.45) is 9.10. The fourth-order valence-corrected chi connectivity index (χ4v) is 4.89. The van der Waals surface area contributed by atoms with Crippen molar-refractivity contribution in [1.82, 2.24) is 19.9 Å². The molecule has 1 N–H and O–H groups in total. The van der Waals surface area contributed by atoms with Crippen LogP contribution < -0.4 is 15.0 Å². The number of hydrogen-bond acceptors (Lipinski definition) is 6. The van der Waals surface area contributed by atoms with E-state index < -0.39 is 0 Å². The molecule has 9 heteroatoms. The third-order valence-electron chi connectivity index (χ3n) is 6.40. The highest BCUT2D eigenvalue weighted by atomic mass is 35.5. The summed E-state index contributed by atoms with van der Waals surface area (Å²) in [7, 11) is 0. The SMILES string of the molecule is CCOc1cc(-c2ccc(N3CCC4(CCCNC4)C3)nc2)c2c(C#N)cnn2c1.Cl.Cl. The largest absolute Gasteiger partial charge is 0.492 e. The molecule has 7 nitrogen and oxygen atoms in total. The number of rotatable bonds is 4. The summed E-state index contributed by atoms with van der Waals surface area (Å²) in [4.78, 5) is 7.19. The molecule has 2 fully saturated rings. The maximum Gasteiger partial charge on any atom is 0.138 e. The molecule has 1 atom stereocenters. The van der Waals surface area contributed by atoms with Gasteiger partial charge in [-0.15, -0.1) is 24.8 Å². The fourth-order valence-electron chi connectivity index (χ4n) is 4.89. The maximum absolute atomic E-state index is 9.52. The molecule has 5 rings (SSSR count). The Kier molecular flexibility index (Phi) is 7.50.